The Labute approximate surface area is 159 Å². The quantitative estimate of drug-likeness (QED) is 0.511. The van der Waals surface area contributed by atoms with E-state index in [4.69, 9.17) is 9.47 Å². The van der Waals surface area contributed by atoms with Crippen LogP contribution in [-0.4, -0.2) is 46.0 Å². The molecule has 2 heterocycles. The number of ether oxygens (including phenoxy) is 2. The van der Waals surface area contributed by atoms with E-state index >= 15 is 0 Å². The van der Waals surface area contributed by atoms with Crippen LogP contribution in [0.4, 0.5) is 5.82 Å². The molecule has 0 spiro atoms. The molecule has 0 saturated carbocycles. The molecule has 1 aromatic carbocycles. The third-order valence-corrected chi connectivity index (χ3v) is 4.70. The van der Waals surface area contributed by atoms with E-state index in [2.05, 4.69) is 10.4 Å². The molecule has 1 amide bonds. The van der Waals surface area contributed by atoms with Crippen molar-refractivity contribution < 1.29 is 24.3 Å². The summed E-state index contributed by atoms with van der Waals surface area (Å²) in [7, 11) is 2.62. The van der Waals surface area contributed by atoms with Crippen molar-refractivity contribution in [2.24, 2.45) is 0 Å². The smallest absolute Gasteiger partial charge is 0.301 e. The number of hydrogen-bond acceptors (Lipinski definition) is 7. The number of anilines is 1. The number of phenols is 1. The van der Waals surface area contributed by atoms with Gasteiger partial charge in [0.05, 0.1) is 25.7 Å². The fraction of sp³-hybridized carbons (Fsp3) is 0.412. The van der Waals surface area contributed by atoms with Gasteiger partial charge in [-0.3, -0.25) is 29.5 Å². The Morgan fingerprint density at radius 2 is 1.79 bits per heavy atom. The molecule has 11 heteroatoms. The molecule has 28 heavy (non-hydrogen) atoms. The zero-order chi connectivity index (χ0) is 20.7. The number of carbonyl (C=O) groups excluding carboxylic acids is 1. The maximum absolute atomic E-state index is 12.7. The van der Waals surface area contributed by atoms with E-state index in [-0.39, 0.29) is 40.2 Å². The number of hydrogen-bond donors (Lipinski definition) is 3. The number of fused-ring (bicyclic) bond motifs is 1. The number of H-pyrrole nitrogens is 1. The van der Waals surface area contributed by atoms with Crippen LogP contribution in [0.15, 0.2) is 16.9 Å². The summed E-state index contributed by atoms with van der Waals surface area (Å²) in [5.74, 6) is -2.15. The number of nitrogens with zero attached hydrogens (tertiary/aromatic N) is 2. The molecule has 2 aromatic rings. The van der Waals surface area contributed by atoms with Crippen molar-refractivity contribution >= 4 is 11.7 Å². The van der Waals surface area contributed by atoms with Gasteiger partial charge < -0.3 is 19.9 Å². The monoisotopic (exact) mass is 392 g/mol. The first-order valence-electron chi connectivity index (χ1n) is 8.44. The molecule has 0 bridgehead atoms. The molecule has 0 unspecified atom stereocenters. The molecule has 0 aliphatic carbocycles. The molecule has 150 valence electrons. The van der Waals surface area contributed by atoms with Crippen molar-refractivity contribution in [2.45, 2.75) is 31.8 Å². The van der Waals surface area contributed by atoms with Crippen molar-refractivity contribution in [1.29, 1.82) is 0 Å². The van der Waals surface area contributed by atoms with Gasteiger partial charge in [0.15, 0.2) is 11.5 Å². The molecule has 3 rings (SSSR count). The van der Waals surface area contributed by atoms with E-state index in [1.54, 1.807) is 13.8 Å². The lowest BCUT2D eigenvalue weighted by Gasteiger charge is -2.27. The number of phenolic OH excluding ortho intramolecular Hbond substituents is 1. The number of aromatic nitrogens is 2. The van der Waals surface area contributed by atoms with Gasteiger partial charge in [-0.2, -0.15) is 0 Å². The number of amides is 1. The summed E-state index contributed by atoms with van der Waals surface area (Å²) in [6, 6.07) is 0.769. The summed E-state index contributed by atoms with van der Waals surface area (Å²) in [6.07, 6.45) is 0. The highest BCUT2D eigenvalue weighted by molar-refractivity contribution is 5.98. The lowest BCUT2D eigenvalue weighted by molar-refractivity contribution is -0.509. The number of nitro groups is 1. The van der Waals surface area contributed by atoms with Gasteiger partial charge >= 0.3 is 11.9 Å². The minimum Gasteiger partial charge on any atom is -0.502 e. The Morgan fingerprint density at radius 3 is 2.25 bits per heavy atom. The molecule has 1 aromatic heterocycles. The fourth-order valence-corrected chi connectivity index (χ4v) is 3.43. The fourth-order valence-electron chi connectivity index (χ4n) is 3.43. The Hall–Kier alpha value is -3.50. The number of nitrogens with one attached hydrogen (secondary N) is 2. The van der Waals surface area contributed by atoms with Crippen LogP contribution in [0.2, 0.25) is 0 Å². The van der Waals surface area contributed by atoms with Crippen LogP contribution in [0, 0.1) is 10.1 Å². The van der Waals surface area contributed by atoms with E-state index in [0.29, 0.717) is 0 Å². The van der Waals surface area contributed by atoms with Gasteiger partial charge in [-0.1, -0.05) is 0 Å². The lowest BCUT2D eigenvalue weighted by Crippen LogP contribution is -2.45. The van der Waals surface area contributed by atoms with Crippen LogP contribution in [-0.2, 0) is 4.79 Å². The first-order valence-corrected chi connectivity index (χ1v) is 8.44. The number of benzene rings is 1. The van der Waals surface area contributed by atoms with E-state index in [9.17, 15) is 24.8 Å². The maximum atomic E-state index is 12.7. The average Bonchev–Trinajstić information content (AvgIpc) is 2.97. The molecular formula is C17H20N4O7. The van der Waals surface area contributed by atoms with Crippen LogP contribution < -0.4 is 20.3 Å². The number of rotatable bonds is 5. The van der Waals surface area contributed by atoms with Crippen LogP contribution in [0.3, 0.4) is 0 Å². The zero-order valence-electron chi connectivity index (χ0n) is 15.7. The average molecular weight is 392 g/mol. The highest BCUT2D eigenvalue weighted by Gasteiger charge is 2.49. The summed E-state index contributed by atoms with van der Waals surface area (Å²) < 4.78 is 11.7. The van der Waals surface area contributed by atoms with E-state index in [0.717, 1.165) is 0 Å². The normalized spacial score (nSPS) is 18.5. The SMILES string of the molecule is COc1cc([C@@H]2c3c(n(C(C)C)[nH]c3=O)NC(=O)[C@H]2[N+](=O)[O-])cc(OC)c1O. The Balaban J connectivity index is 2.33. The van der Waals surface area contributed by atoms with Crippen molar-refractivity contribution in [3.05, 3.63) is 43.7 Å². The van der Waals surface area contributed by atoms with Gasteiger partial charge in [0, 0.05) is 11.0 Å². The van der Waals surface area contributed by atoms with Crippen molar-refractivity contribution in [2.75, 3.05) is 19.5 Å². The number of aromatic hydroxyl groups is 1. The molecule has 0 saturated heterocycles. The minimum atomic E-state index is -1.74. The molecule has 3 N–H and O–H groups in total. The Kier molecular flexibility index (Phi) is 4.75. The van der Waals surface area contributed by atoms with Gasteiger partial charge in [0.2, 0.25) is 5.75 Å². The van der Waals surface area contributed by atoms with Gasteiger partial charge in [0.25, 0.3) is 5.56 Å². The highest BCUT2D eigenvalue weighted by atomic mass is 16.6. The van der Waals surface area contributed by atoms with Crippen molar-refractivity contribution in [3.8, 4) is 17.2 Å². The Morgan fingerprint density at radius 1 is 1.21 bits per heavy atom. The van der Waals surface area contributed by atoms with Gasteiger partial charge in [-0.05, 0) is 31.5 Å². The number of carbonyl (C=O) groups is 1. The van der Waals surface area contributed by atoms with Gasteiger partial charge in [0.1, 0.15) is 5.82 Å². The van der Waals surface area contributed by atoms with Crippen molar-refractivity contribution in [3.63, 3.8) is 0 Å². The summed E-state index contributed by atoms with van der Waals surface area (Å²) in [6.45, 7) is 3.59. The van der Waals surface area contributed by atoms with Crippen LogP contribution >= 0.6 is 0 Å². The van der Waals surface area contributed by atoms with E-state index < -0.39 is 28.3 Å². The molecule has 11 nitrogen and oxygen atoms in total. The number of methoxy groups -OCH3 is 2. The van der Waals surface area contributed by atoms with Crippen LogP contribution in [0.5, 0.6) is 17.2 Å². The third kappa shape index (κ3) is 2.84. The first kappa shape index (κ1) is 19.3. The molecule has 1 aliphatic rings. The lowest BCUT2D eigenvalue weighted by atomic mass is 9.83. The predicted octanol–water partition coefficient (Wildman–Crippen LogP) is 1.21. The predicted molar refractivity (Wildman–Crippen MR) is 97.9 cm³/mol. The second kappa shape index (κ2) is 6.91. The number of aromatic amines is 1. The van der Waals surface area contributed by atoms with Crippen LogP contribution in [0.1, 0.15) is 36.9 Å². The molecular weight excluding hydrogens is 372 g/mol. The summed E-state index contributed by atoms with van der Waals surface area (Å²) in [5.41, 5.74) is -0.257. The van der Waals surface area contributed by atoms with Crippen molar-refractivity contribution in [1.82, 2.24) is 9.78 Å². The summed E-state index contributed by atoms with van der Waals surface area (Å²) in [5, 5.41) is 26.9. The summed E-state index contributed by atoms with van der Waals surface area (Å²) >= 11 is 0. The molecule has 2 atom stereocenters. The first-order chi connectivity index (χ1) is 13.2. The van der Waals surface area contributed by atoms with Crippen LogP contribution in [0.25, 0.3) is 0 Å². The topological polar surface area (TPSA) is 149 Å². The maximum Gasteiger partial charge on any atom is 0.301 e. The molecule has 0 fully saturated rings. The molecule has 1 aliphatic heterocycles. The van der Waals surface area contributed by atoms with E-state index in [1.807, 2.05) is 0 Å². The second-order valence-electron chi connectivity index (χ2n) is 6.64. The largest absolute Gasteiger partial charge is 0.502 e. The Bertz CT molecular complexity index is 982. The van der Waals surface area contributed by atoms with Gasteiger partial charge in [-0.15, -0.1) is 0 Å². The van der Waals surface area contributed by atoms with E-state index in [1.165, 1.54) is 31.0 Å². The standard InChI is InChI=1S/C17H20N4O7/c1-7(2)20-15-12(16(23)19-20)11(13(21(25)26)17(24)18-15)8-5-9(27-3)14(22)10(6-8)28-4/h5-7,11,13,22H,1-4H3,(H,18,24)(H,19,23)/t11-,13+/m1/s1. The second-order valence-corrected chi connectivity index (χ2v) is 6.64. The third-order valence-electron chi connectivity index (χ3n) is 4.70. The minimum absolute atomic E-state index is 0.00343. The molecule has 0 radical (unpaired) electrons. The highest BCUT2D eigenvalue weighted by Crippen LogP contribution is 2.44. The van der Waals surface area contributed by atoms with Gasteiger partial charge in [-0.25, -0.2) is 0 Å². The zero-order valence-corrected chi connectivity index (χ0v) is 15.7. The summed E-state index contributed by atoms with van der Waals surface area (Å²) in [4.78, 5) is 36.2.